The molecule has 0 amide bonds. The van der Waals surface area contributed by atoms with Gasteiger partial charge in [-0.1, -0.05) is 0 Å². The van der Waals surface area contributed by atoms with E-state index in [9.17, 15) is 0 Å². The molecule has 0 spiro atoms. The fraction of sp³-hybridized carbons (Fsp3) is 0.500. The molecule has 15 heavy (non-hydrogen) atoms. The van der Waals surface area contributed by atoms with Crippen LogP contribution in [0.2, 0.25) is 0 Å². The van der Waals surface area contributed by atoms with Crippen LogP contribution in [0, 0.1) is 0 Å². The Labute approximate surface area is 90.0 Å². The van der Waals surface area contributed by atoms with Crippen molar-refractivity contribution in [1.82, 2.24) is 5.32 Å². The van der Waals surface area contributed by atoms with Crippen molar-refractivity contribution in [2.75, 3.05) is 25.1 Å². The van der Waals surface area contributed by atoms with Crippen molar-refractivity contribution in [3.8, 4) is 5.75 Å². The van der Waals surface area contributed by atoms with Gasteiger partial charge in [-0.15, -0.1) is 0 Å². The van der Waals surface area contributed by atoms with E-state index in [4.69, 9.17) is 4.74 Å². The van der Waals surface area contributed by atoms with Gasteiger partial charge in [0.1, 0.15) is 5.75 Å². The van der Waals surface area contributed by atoms with E-state index < -0.39 is 0 Å². The largest absolute Gasteiger partial charge is 0.497 e. The molecule has 80 valence electrons. The maximum absolute atomic E-state index is 5.16. The number of nitrogens with one attached hydrogen (secondary N) is 1. The SMILES string of the molecule is COc1ccc(N2CC3CC2CN3)cc1. The normalized spacial score (nSPS) is 28.5. The number of hydrogen-bond donors (Lipinski definition) is 1. The van der Waals surface area contributed by atoms with Crippen molar-refractivity contribution in [2.45, 2.75) is 18.5 Å². The first-order chi connectivity index (χ1) is 7.36. The Bertz CT molecular complexity index is 349. The second-order valence-electron chi connectivity index (χ2n) is 4.35. The summed E-state index contributed by atoms with van der Waals surface area (Å²) in [7, 11) is 1.71. The monoisotopic (exact) mass is 204 g/mol. The zero-order chi connectivity index (χ0) is 10.3. The molecule has 2 unspecified atom stereocenters. The van der Waals surface area contributed by atoms with Gasteiger partial charge in [0.2, 0.25) is 0 Å². The van der Waals surface area contributed by atoms with Crippen molar-refractivity contribution < 1.29 is 4.74 Å². The lowest BCUT2D eigenvalue weighted by Gasteiger charge is -2.29. The lowest BCUT2D eigenvalue weighted by molar-refractivity contribution is 0.414. The molecule has 0 radical (unpaired) electrons. The highest BCUT2D eigenvalue weighted by molar-refractivity contribution is 5.52. The molecular weight excluding hydrogens is 188 g/mol. The van der Waals surface area contributed by atoms with Gasteiger partial charge >= 0.3 is 0 Å². The van der Waals surface area contributed by atoms with Gasteiger partial charge in [-0.2, -0.15) is 0 Å². The summed E-state index contributed by atoms with van der Waals surface area (Å²) in [4.78, 5) is 2.50. The molecule has 3 nitrogen and oxygen atoms in total. The van der Waals surface area contributed by atoms with Gasteiger partial charge in [-0.25, -0.2) is 0 Å². The summed E-state index contributed by atoms with van der Waals surface area (Å²) < 4.78 is 5.16. The quantitative estimate of drug-likeness (QED) is 0.784. The van der Waals surface area contributed by atoms with E-state index in [1.54, 1.807) is 7.11 Å². The van der Waals surface area contributed by atoms with Gasteiger partial charge < -0.3 is 15.0 Å². The van der Waals surface area contributed by atoms with E-state index in [0.717, 1.165) is 18.8 Å². The summed E-state index contributed by atoms with van der Waals surface area (Å²) in [6.07, 6.45) is 1.30. The predicted octanol–water partition coefficient (Wildman–Crippen LogP) is 1.25. The Morgan fingerprint density at radius 2 is 2.13 bits per heavy atom. The average molecular weight is 204 g/mol. The third-order valence-electron chi connectivity index (χ3n) is 3.46. The highest BCUT2D eigenvalue weighted by Crippen LogP contribution is 2.30. The molecule has 1 aromatic rings. The molecule has 2 heterocycles. The van der Waals surface area contributed by atoms with Gasteiger partial charge in [-0.3, -0.25) is 0 Å². The van der Waals surface area contributed by atoms with Crippen LogP contribution in [0.15, 0.2) is 24.3 Å². The summed E-state index contributed by atoms with van der Waals surface area (Å²) in [5, 5.41) is 3.51. The van der Waals surface area contributed by atoms with Gasteiger partial charge in [0.15, 0.2) is 0 Å². The van der Waals surface area contributed by atoms with Crippen LogP contribution in [0.25, 0.3) is 0 Å². The molecule has 2 aliphatic rings. The summed E-state index contributed by atoms with van der Waals surface area (Å²) in [6, 6.07) is 9.78. The van der Waals surface area contributed by atoms with Crippen LogP contribution in [-0.4, -0.2) is 32.3 Å². The third kappa shape index (κ3) is 1.47. The molecule has 0 aromatic heterocycles. The van der Waals surface area contributed by atoms with Crippen LogP contribution >= 0.6 is 0 Å². The Morgan fingerprint density at radius 3 is 2.67 bits per heavy atom. The molecule has 3 heteroatoms. The number of nitrogens with zero attached hydrogens (tertiary/aromatic N) is 1. The molecule has 1 N–H and O–H groups in total. The Morgan fingerprint density at radius 1 is 1.33 bits per heavy atom. The fourth-order valence-corrected chi connectivity index (χ4v) is 2.65. The number of fused-ring (bicyclic) bond motifs is 2. The molecule has 2 saturated heterocycles. The number of rotatable bonds is 2. The highest BCUT2D eigenvalue weighted by atomic mass is 16.5. The summed E-state index contributed by atoms with van der Waals surface area (Å²) in [6.45, 7) is 2.29. The average Bonchev–Trinajstić information content (AvgIpc) is 2.91. The van der Waals surface area contributed by atoms with E-state index in [2.05, 4.69) is 22.3 Å². The maximum Gasteiger partial charge on any atom is 0.119 e. The van der Waals surface area contributed by atoms with Gasteiger partial charge in [0.25, 0.3) is 0 Å². The molecule has 1 aromatic carbocycles. The Hall–Kier alpha value is -1.22. The lowest BCUT2D eigenvalue weighted by Crippen LogP contribution is -2.43. The standard InChI is InChI=1S/C12H16N2O/c1-15-12-4-2-10(3-5-12)14-8-9-6-11(14)7-13-9/h2-5,9,11,13H,6-8H2,1H3. The summed E-state index contributed by atoms with van der Waals surface area (Å²) in [5.41, 5.74) is 1.32. The maximum atomic E-state index is 5.16. The highest BCUT2D eigenvalue weighted by Gasteiger charge is 2.37. The second-order valence-corrected chi connectivity index (χ2v) is 4.35. The first-order valence-corrected chi connectivity index (χ1v) is 5.51. The Kier molecular flexibility index (Phi) is 2.06. The fourth-order valence-electron chi connectivity index (χ4n) is 2.65. The number of piperazine rings is 1. The number of hydrogen-bond acceptors (Lipinski definition) is 3. The first kappa shape index (κ1) is 9.04. The topological polar surface area (TPSA) is 24.5 Å². The van der Waals surface area contributed by atoms with Crippen LogP contribution in [0.1, 0.15) is 6.42 Å². The Balaban J connectivity index is 1.81. The van der Waals surface area contributed by atoms with E-state index in [1.807, 2.05) is 12.1 Å². The number of methoxy groups -OCH3 is 1. The summed E-state index contributed by atoms with van der Waals surface area (Å²) in [5.74, 6) is 0.932. The number of ether oxygens (including phenoxy) is 1. The van der Waals surface area contributed by atoms with Gasteiger partial charge in [0.05, 0.1) is 7.11 Å². The minimum absolute atomic E-state index is 0.698. The molecule has 0 saturated carbocycles. The van der Waals surface area contributed by atoms with Gasteiger partial charge in [0, 0.05) is 30.9 Å². The molecule has 0 aliphatic carbocycles. The van der Waals surface area contributed by atoms with E-state index in [1.165, 1.54) is 12.1 Å². The van der Waals surface area contributed by atoms with Crippen LogP contribution < -0.4 is 15.0 Å². The molecule has 2 fully saturated rings. The lowest BCUT2D eigenvalue weighted by atomic mass is 10.2. The molecule has 2 bridgehead atoms. The van der Waals surface area contributed by atoms with Crippen molar-refractivity contribution in [3.63, 3.8) is 0 Å². The summed E-state index contributed by atoms with van der Waals surface area (Å²) >= 11 is 0. The van der Waals surface area contributed by atoms with Crippen molar-refractivity contribution >= 4 is 5.69 Å². The second kappa shape index (κ2) is 3.42. The van der Waals surface area contributed by atoms with E-state index >= 15 is 0 Å². The minimum Gasteiger partial charge on any atom is -0.497 e. The van der Waals surface area contributed by atoms with Crippen molar-refractivity contribution in [2.24, 2.45) is 0 Å². The predicted molar refractivity (Wildman–Crippen MR) is 60.5 cm³/mol. The third-order valence-corrected chi connectivity index (χ3v) is 3.46. The molecule has 3 rings (SSSR count). The zero-order valence-electron chi connectivity index (χ0n) is 8.94. The van der Waals surface area contributed by atoms with E-state index in [0.29, 0.717) is 12.1 Å². The number of benzene rings is 1. The zero-order valence-corrected chi connectivity index (χ0v) is 8.94. The van der Waals surface area contributed by atoms with Crippen molar-refractivity contribution in [3.05, 3.63) is 24.3 Å². The number of anilines is 1. The van der Waals surface area contributed by atoms with Crippen LogP contribution in [0.4, 0.5) is 5.69 Å². The molecule has 2 aliphatic heterocycles. The van der Waals surface area contributed by atoms with Crippen LogP contribution in [0.5, 0.6) is 5.75 Å². The first-order valence-electron chi connectivity index (χ1n) is 5.51. The van der Waals surface area contributed by atoms with Crippen molar-refractivity contribution in [1.29, 1.82) is 0 Å². The van der Waals surface area contributed by atoms with Gasteiger partial charge in [-0.05, 0) is 30.7 Å². The van der Waals surface area contributed by atoms with Crippen LogP contribution in [-0.2, 0) is 0 Å². The molecular formula is C12H16N2O. The smallest absolute Gasteiger partial charge is 0.119 e. The van der Waals surface area contributed by atoms with Crippen LogP contribution in [0.3, 0.4) is 0 Å². The van der Waals surface area contributed by atoms with E-state index in [-0.39, 0.29) is 0 Å². The molecule has 2 atom stereocenters. The minimum atomic E-state index is 0.698.